The van der Waals surface area contributed by atoms with Gasteiger partial charge < -0.3 is 4.55 Å². The molecule has 0 radical (unpaired) electrons. The van der Waals surface area contributed by atoms with Crippen LogP contribution < -0.4 is 0 Å². The van der Waals surface area contributed by atoms with E-state index >= 15 is 0 Å². The molecule has 0 spiro atoms. The van der Waals surface area contributed by atoms with Crippen molar-refractivity contribution in [3.63, 3.8) is 0 Å². The van der Waals surface area contributed by atoms with E-state index in [1.807, 2.05) is 0 Å². The lowest BCUT2D eigenvalue weighted by molar-refractivity contribution is -0.147. The maximum Gasteiger partial charge on any atom is 0.401 e. The Morgan fingerprint density at radius 2 is 1.86 bits per heavy atom. The fourth-order valence-electron chi connectivity index (χ4n) is 1.51. The molecule has 3 nitrogen and oxygen atoms in total. The molecular formula is C7H11F3NO2S-. The lowest BCUT2D eigenvalue weighted by Crippen LogP contribution is -2.42. The van der Waals surface area contributed by atoms with E-state index in [1.54, 1.807) is 0 Å². The van der Waals surface area contributed by atoms with Crippen molar-refractivity contribution in [2.45, 2.75) is 24.3 Å². The van der Waals surface area contributed by atoms with E-state index in [0.717, 1.165) is 0 Å². The first-order valence-corrected chi connectivity index (χ1v) is 5.39. The second-order valence-electron chi connectivity index (χ2n) is 3.35. The molecule has 0 saturated carbocycles. The molecular weight excluding hydrogens is 219 g/mol. The minimum absolute atomic E-state index is 0.207. The third-order valence-electron chi connectivity index (χ3n) is 2.21. The predicted octanol–water partition coefficient (Wildman–Crippen LogP) is 0.892. The van der Waals surface area contributed by atoms with Crippen LogP contribution in [0, 0.1) is 0 Å². The molecule has 7 heteroatoms. The Labute approximate surface area is 82.6 Å². The van der Waals surface area contributed by atoms with Crippen molar-refractivity contribution in [2.75, 3.05) is 19.6 Å². The van der Waals surface area contributed by atoms with Crippen LogP contribution in [-0.2, 0) is 11.1 Å². The van der Waals surface area contributed by atoms with Crippen LogP contribution in [0.2, 0.25) is 0 Å². The second-order valence-corrected chi connectivity index (χ2v) is 4.54. The van der Waals surface area contributed by atoms with Crippen LogP contribution in [0.4, 0.5) is 13.2 Å². The SMILES string of the molecule is O=S([O-])C1CCN(CC(F)(F)F)CC1. The van der Waals surface area contributed by atoms with Crippen molar-refractivity contribution in [1.29, 1.82) is 0 Å². The molecule has 0 amide bonds. The Hall–Kier alpha value is -0.140. The molecule has 1 aliphatic rings. The third kappa shape index (κ3) is 3.93. The van der Waals surface area contributed by atoms with Gasteiger partial charge in [0.2, 0.25) is 0 Å². The molecule has 0 aromatic heterocycles. The summed E-state index contributed by atoms with van der Waals surface area (Å²) in [5, 5.41) is -0.473. The van der Waals surface area contributed by atoms with Crippen LogP contribution in [0.1, 0.15) is 12.8 Å². The van der Waals surface area contributed by atoms with Crippen molar-refractivity contribution in [3.05, 3.63) is 0 Å². The molecule has 84 valence electrons. The average Bonchev–Trinajstić information content (AvgIpc) is 2.02. The number of likely N-dealkylation sites (tertiary alicyclic amines) is 1. The summed E-state index contributed by atoms with van der Waals surface area (Å²) in [6.45, 7) is -0.526. The maximum absolute atomic E-state index is 11.9. The Bertz CT molecular complexity index is 213. The standard InChI is InChI=1S/C7H12F3NO2S/c8-7(9,10)5-11-3-1-6(2-4-11)14(12)13/h6H,1-5H2,(H,12,13)/p-1. The Morgan fingerprint density at radius 1 is 1.36 bits per heavy atom. The monoisotopic (exact) mass is 230 g/mol. The molecule has 0 aromatic rings. The minimum Gasteiger partial charge on any atom is -0.772 e. The first-order chi connectivity index (χ1) is 6.38. The fraction of sp³-hybridized carbons (Fsp3) is 1.00. The largest absolute Gasteiger partial charge is 0.772 e. The Balaban J connectivity index is 2.33. The summed E-state index contributed by atoms with van der Waals surface area (Å²) in [5.41, 5.74) is 0. The molecule has 0 bridgehead atoms. The molecule has 1 heterocycles. The minimum atomic E-state index is -4.19. The van der Waals surface area contributed by atoms with Gasteiger partial charge in [0.1, 0.15) is 0 Å². The Kier molecular flexibility index (Phi) is 3.91. The second kappa shape index (κ2) is 4.59. The number of rotatable bonds is 2. The van der Waals surface area contributed by atoms with Gasteiger partial charge in [-0.05, 0) is 25.9 Å². The lowest BCUT2D eigenvalue weighted by Gasteiger charge is -2.33. The quantitative estimate of drug-likeness (QED) is 0.662. The van der Waals surface area contributed by atoms with E-state index in [1.165, 1.54) is 4.90 Å². The number of hydrogen-bond donors (Lipinski definition) is 0. The van der Waals surface area contributed by atoms with Crippen LogP contribution in [0.15, 0.2) is 0 Å². The third-order valence-corrected chi connectivity index (χ3v) is 3.23. The van der Waals surface area contributed by atoms with Crippen LogP contribution in [0.25, 0.3) is 0 Å². The molecule has 0 aliphatic carbocycles. The van der Waals surface area contributed by atoms with Crippen molar-refractivity contribution >= 4 is 11.1 Å². The highest BCUT2D eigenvalue weighted by molar-refractivity contribution is 7.79. The van der Waals surface area contributed by atoms with E-state index in [0.29, 0.717) is 12.8 Å². The van der Waals surface area contributed by atoms with Gasteiger partial charge in [-0.1, -0.05) is 11.1 Å². The first-order valence-electron chi connectivity index (χ1n) is 4.25. The van der Waals surface area contributed by atoms with Crippen molar-refractivity contribution in [1.82, 2.24) is 4.90 Å². The zero-order valence-electron chi connectivity index (χ0n) is 7.42. The predicted molar refractivity (Wildman–Crippen MR) is 44.4 cm³/mol. The first kappa shape index (κ1) is 11.9. The van der Waals surface area contributed by atoms with Gasteiger partial charge in [-0.15, -0.1) is 0 Å². The molecule has 1 fully saturated rings. The summed E-state index contributed by atoms with van der Waals surface area (Å²) in [6, 6.07) is 0. The smallest absolute Gasteiger partial charge is 0.401 e. The van der Waals surface area contributed by atoms with Crippen molar-refractivity contribution in [2.24, 2.45) is 0 Å². The highest BCUT2D eigenvalue weighted by Crippen LogP contribution is 2.21. The van der Waals surface area contributed by atoms with Gasteiger partial charge in [-0.2, -0.15) is 13.2 Å². The lowest BCUT2D eigenvalue weighted by atomic mass is 10.1. The topological polar surface area (TPSA) is 43.4 Å². The zero-order chi connectivity index (χ0) is 10.8. The van der Waals surface area contributed by atoms with E-state index in [-0.39, 0.29) is 13.1 Å². The van der Waals surface area contributed by atoms with Gasteiger partial charge in [0.15, 0.2) is 0 Å². The van der Waals surface area contributed by atoms with Crippen molar-refractivity contribution < 1.29 is 21.9 Å². The molecule has 1 unspecified atom stereocenters. The van der Waals surface area contributed by atoms with Gasteiger partial charge in [0, 0.05) is 5.25 Å². The number of nitrogens with zero attached hydrogens (tertiary/aromatic N) is 1. The highest BCUT2D eigenvalue weighted by Gasteiger charge is 2.32. The molecule has 1 saturated heterocycles. The number of halogens is 3. The van der Waals surface area contributed by atoms with Gasteiger partial charge in [0.05, 0.1) is 6.54 Å². The van der Waals surface area contributed by atoms with E-state index in [4.69, 9.17) is 0 Å². The summed E-state index contributed by atoms with van der Waals surface area (Å²) < 4.78 is 56.8. The maximum atomic E-state index is 11.9. The summed E-state index contributed by atoms with van der Waals surface area (Å²) in [4.78, 5) is 1.24. The molecule has 0 aromatic carbocycles. The highest BCUT2D eigenvalue weighted by atomic mass is 32.2. The van der Waals surface area contributed by atoms with Crippen LogP contribution in [0.3, 0.4) is 0 Å². The zero-order valence-corrected chi connectivity index (χ0v) is 8.24. The van der Waals surface area contributed by atoms with Gasteiger partial charge >= 0.3 is 6.18 Å². The average molecular weight is 230 g/mol. The summed E-state index contributed by atoms with van der Waals surface area (Å²) >= 11 is -2.15. The summed E-state index contributed by atoms with van der Waals surface area (Å²) in [7, 11) is 0. The van der Waals surface area contributed by atoms with Crippen LogP contribution in [0.5, 0.6) is 0 Å². The van der Waals surface area contributed by atoms with Crippen LogP contribution >= 0.6 is 0 Å². The fourth-order valence-corrected chi connectivity index (χ4v) is 2.11. The molecule has 1 atom stereocenters. The van der Waals surface area contributed by atoms with Gasteiger partial charge in [-0.25, -0.2) is 0 Å². The molecule has 1 aliphatic heterocycles. The number of hydrogen-bond acceptors (Lipinski definition) is 3. The van der Waals surface area contributed by atoms with Gasteiger partial charge in [0.25, 0.3) is 0 Å². The molecule has 1 rings (SSSR count). The molecule has 14 heavy (non-hydrogen) atoms. The van der Waals surface area contributed by atoms with E-state index in [9.17, 15) is 21.9 Å². The Morgan fingerprint density at radius 3 is 2.21 bits per heavy atom. The summed E-state index contributed by atoms with van der Waals surface area (Å²) in [5.74, 6) is 0. The normalized spacial score (nSPS) is 23.7. The molecule has 0 N–H and O–H groups in total. The number of alkyl halides is 3. The number of piperidine rings is 1. The van der Waals surface area contributed by atoms with Crippen molar-refractivity contribution in [3.8, 4) is 0 Å². The summed E-state index contributed by atoms with van der Waals surface area (Å²) in [6.07, 6.45) is -3.60. The van der Waals surface area contributed by atoms with E-state index in [2.05, 4.69) is 0 Å². The van der Waals surface area contributed by atoms with Crippen LogP contribution in [-0.4, -0.2) is 44.7 Å². The van der Waals surface area contributed by atoms with Gasteiger partial charge in [-0.3, -0.25) is 9.11 Å². The van der Waals surface area contributed by atoms with E-state index < -0.39 is 29.1 Å².